The van der Waals surface area contributed by atoms with Crippen LogP contribution in [0.25, 0.3) is 11.1 Å². The molecule has 5 heteroatoms. The Morgan fingerprint density at radius 2 is 2.09 bits per heavy atom. The van der Waals surface area contributed by atoms with Crippen molar-refractivity contribution < 1.29 is 14.8 Å². The molecule has 0 aromatic carbocycles. The Bertz CT molecular complexity index is 564. The number of benzene rings is 1. The third-order valence-electron chi connectivity index (χ3n) is 3.83. The summed E-state index contributed by atoms with van der Waals surface area (Å²) in [4.78, 5) is 24.6. The molecule has 22 heavy (non-hydrogen) atoms. The van der Waals surface area contributed by atoms with Gasteiger partial charge in [-0.15, -0.1) is 0 Å². The summed E-state index contributed by atoms with van der Waals surface area (Å²) in [6, 6.07) is 8.48. The average Bonchev–Trinajstić information content (AvgIpc) is 3.20. The van der Waals surface area contributed by atoms with E-state index in [0.717, 1.165) is 19.4 Å². The van der Waals surface area contributed by atoms with E-state index in [1.807, 2.05) is 13.0 Å². The van der Waals surface area contributed by atoms with Crippen molar-refractivity contribution in [3.05, 3.63) is 35.9 Å². The topological polar surface area (TPSA) is 69.6 Å². The lowest BCUT2D eigenvalue weighted by atomic mass is 10.1. The van der Waals surface area contributed by atoms with E-state index < -0.39 is 5.91 Å². The first kappa shape index (κ1) is 16.2. The summed E-state index contributed by atoms with van der Waals surface area (Å²) in [5, 5.41) is 8.37. The SMILES string of the molecule is CCN1CCCC=C(CCC(=O)NO)C1=O.c1cc2cc-2c1. The molecule has 0 spiro atoms. The molecule has 2 N–H and O–H groups in total. The molecule has 1 heterocycles. The minimum atomic E-state index is -0.457. The van der Waals surface area contributed by atoms with Gasteiger partial charge in [-0.1, -0.05) is 24.3 Å². The lowest BCUT2D eigenvalue weighted by Crippen LogP contribution is -2.32. The van der Waals surface area contributed by atoms with Gasteiger partial charge in [-0.25, -0.2) is 5.48 Å². The normalized spacial score (nSPS) is 15.3. The predicted octanol–water partition coefficient (Wildman–Crippen LogP) is 2.51. The van der Waals surface area contributed by atoms with E-state index in [1.54, 1.807) is 10.4 Å². The van der Waals surface area contributed by atoms with Crippen molar-refractivity contribution >= 4 is 11.8 Å². The van der Waals surface area contributed by atoms with E-state index in [9.17, 15) is 9.59 Å². The quantitative estimate of drug-likeness (QED) is 0.673. The van der Waals surface area contributed by atoms with Gasteiger partial charge in [-0.3, -0.25) is 14.8 Å². The number of allylic oxidation sites excluding steroid dienone is 1. The molecule has 0 unspecified atom stereocenters. The molecule has 0 atom stereocenters. The summed E-state index contributed by atoms with van der Waals surface area (Å²) in [6.07, 6.45) is 4.28. The van der Waals surface area contributed by atoms with Crippen LogP contribution in [-0.2, 0) is 9.59 Å². The molecule has 0 radical (unpaired) electrons. The van der Waals surface area contributed by atoms with E-state index in [0.29, 0.717) is 18.5 Å². The number of amides is 2. The van der Waals surface area contributed by atoms with Gasteiger partial charge in [0.15, 0.2) is 0 Å². The molecule has 118 valence electrons. The third kappa shape index (κ3) is 4.43. The summed E-state index contributed by atoms with van der Waals surface area (Å²) in [7, 11) is 0. The molecule has 0 saturated heterocycles. The molecule has 0 bridgehead atoms. The highest BCUT2D eigenvalue weighted by Crippen LogP contribution is 2.32. The van der Waals surface area contributed by atoms with Crippen LogP contribution in [-0.4, -0.2) is 35.0 Å². The van der Waals surface area contributed by atoms with Crippen molar-refractivity contribution in [2.75, 3.05) is 13.1 Å². The maximum atomic E-state index is 11.9. The van der Waals surface area contributed by atoms with Crippen LogP contribution in [0.5, 0.6) is 0 Å². The smallest absolute Gasteiger partial charge is 0.249 e. The Kier molecular flexibility index (Phi) is 5.72. The highest BCUT2D eigenvalue weighted by molar-refractivity contribution is 5.94. The Morgan fingerprint density at radius 3 is 2.59 bits per heavy atom. The molecule has 2 amide bonds. The highest BCUT2D eigenvalue weighted by Gasteiger charge is 2.19. The first-order valence-corrected chi connectivity index (χ1v) is 7.67. The van der Waals surface area contributed by atoms with Crippen LogP contribution in [0.4, 0.5) is 0 Å². The van der Waals surface area contributed by atoms with Gasteiger partial charge in [0.1, 0.15) is 0 Å². The largest absolute Gasteiger partial charge is 0.339 e. The fraction of sp³-hybridized carbons (Fsp3) is 0.412. The summed E-state index contributed by atoms with van der Waals surface area (Å²) in [6.45, 7) is 3.42. The van der Waals surface area contributed by atoms with Crippen LogP contribution in [0.3, 0.4) is 0 Å². The van der Waals surface area contributed by atoms with Gasteiger partial charge in [-0.2, -0.15) is 0 Å². The van der Waals surface area contributed by atoms with E-state index in [1.165, 1.54) is 11.1 Å². The van der Waals surface area contributed by atoms with Crippen LogP contribution in [0.1, 0.15) is 32.6 Å². The molecule has 0 saturated carbocycles. The monoisotopic (exact) mass is 302 g/mol. The van der Waals surface area contributed by atoms with E-state index in [-0.39, 0.29) is 12.3 Å². The Labute approximate surface area is 130 Å². The fourth-order valence-electron chi connectivity index (χ4n) is 2.44. The van der Waals surface area contributed by atoms with Gasteiger partial charge in [0.2, 0.25) is 11.8 Å². The molecular formula is C17H22N2O3. The fourth-order valence-corrected chi connectivity index (χ4v) is 2.44. The van der Waals surface area contributed by atoms with Crippen molar-refractivity contribution in [1.29, 1.82) is 0 Å². The summed E-state index contributed by atoms with van der Waals surface area (Å²) in [5.41, 5.74) is 5.10. The lowest BCUT2D eigenvalue weighted by molar-refractivity contribution is -0.129. The molecule has 0 fully saturated rings. The van der Waals surface area contributed by atoms with Crippen molar-refractivity contribution in [3.63, 3.8) is 0 Å². The van der Waals surface area contributed by atoms with Gasteiger partial charge in [-0.05, 0) is 43.4 Å². The maximum Gasteiger partial charge on any atom is 0.249 e. The van der Waals surface area contributed by atoms with E-state index in [4.69, 9.17) is 5.21 Å². The molecule has 5 nitrogen and oxygen atoms in total. The molecular weight excluding hydrogens is 280 g/mol. The average molecular weight is 302 g/mol. The van der Waals surface area contributed by atoms with Crippen LogP contribution >= 0.6 is 0 Å². The Hall–Kier alpha value is -2.14. The second-order valence-corrected chi connectivity index (χ2v) is 5.37. The summed E-state index contributed by atoms with van der Waals surface area (Å²) < 4.78 is 0. The lowest BCUT2D eigenvalue weighted by Gasteiger charge is -2.19. The number of nitrogens with one attached hydrogen (secondary N) is 1. The van der Waals surface area contributed by atoms with Crippen molar-refractivity contribution in [1.82, 2.24) is 10.4 Å². The number of hydrogen-bond donors (Lipinski definition) is 2. The zero-order chi connectivity index (χ0) is 15.9. The van der Waals surface area contributed by atoms with Crippen LogP contribution in [0.15, 0.2) is 35.9 Å². The van der Waals surface area contributed by atoms with E-state index in [2.05, 4.69) is 24.3 Å². The van der Waals surface area contributed by atoms with Gasteiger partial charge < -0.3 is 4.90 Å². The number of fused-ring (bicyclic) bond motifs is 1. The van der Waals surface area contributed by atoms with Crippen LogP contribution < -0.4 is 5.48 Å². The van der Waals surface area contributed by atoms with Gasteiger partial charge >= 0.3 is 0 Å². The van der Waals surface area contributed by atoms with Crippen LogP contribution in [0, 0.1) is 0 Å². The second kappa shape index (κ2) is 7.75. The predicted molar refractivity (Wildman–Crippen MR) is 84.2 cm³/mol. The number of rotatable bonds is 4. The minimum absolute atomic E-state index is 0.0192. The first-order valence-electron chi connectivity index (χ1n) is 7.67. The van der Waals surface area contributed by atoms with Crippen LogP contribution in [0.2, 0.25) is 0 Å². The molecule has 0 aromatic heterocycles. The van der Waals surface area contributed by atoms with Crippen molar-refractivity contribution in [2.24, 2.45) is 0 Å². The number of carbonyl (C=O) groups excluding carboxylic acids is 2. The maximum absolute atomic E-state index is 11.9. The summed E-state index contributed by atoms with van der Waals surface area (Å²) >= 11 is 0. The number of hydroxylamine groups is 1. The second-order valence-electron chi connectivity index (χ2n) is 5.37. The van der Waals surface area contributed by atoms with E-state index >= 15 is 0 Å². The molecule has 3 rings (SSSR count). The van der Waals surface area contributed by atoms with Gasteiger partial charge in [0, 0.05) is 25.1 Å². The Balaban J connectivity index is 0.000000238. The molecule has 2 aliphatic carbocycles. The first-order chi connectivity index (χ1) is 10.7. The summed E-state index contributed by atoms with van der Waals surface area (Å²) in [5.74, 6) is -0.438. The molecule has 3 aliphatic rings. The highest BCUT2D eigenvalue weighted by atomic mass is 16.5. The minimum Gasteiger partial charge on any atom is -0.339 e. The number of hydrogen-bond acceptors (Lipinski definition) is 3. The standard InChI is InChI=1S/C11H18N2O3.C6H4/c1-2-13-8-4-3-5-9(11(13)15)6-7-10(14)12-16;1-2-5-4-6(5)3-1/h5,16H,2-4,6-8H2,1H3,(H,12,14);1-4H. The number of carbonyl (C=O) groups is 2. The molecule has 0 aromatic rings. The number of likely N-dealkylation sites (N-methyl/N-ethyl adjacent to an activating group) is 1. The zero-order valence-electron chi connectivity index (χ0n) is 12.8. The van der Waals surface area contributed by atoms with Gasteiger partial charge in [0.05, 0.1) is 0 Å². The number of nitrogens with zero attached hydrogens (tertiary/aromatic N) is 1. The zero-order valence-corrected chi connectivity index (χ0v) is 12.8. The molecule has 1 aliphatic heterocycles. The third-order valence-corrected chi connectivity index (χ3v) is 3.83. The van der Waals surface area contributed by atoms with Gasteiger partial charge in [0.25, 0.3) is 0 Å². The van der Waals surface area contributed by atoms with Crippen molar-refractivity contribution in [3.8, 4) is 11.1 Å². The van der Waals surface area contributed by atoms with Crippen molar-refractivity contribution in [2.45, 2.75) is 32.6 Å². The Morgan fingerprint density at radius 1 is 1.36 bits per heavy atom.